The maximum absolute atomic E-state index is 13.0. The zero-order valence-corrected chi connectivity index (χ0v) is 11.8. The number of aromatic nitrogens is 4. The van der Waals surface area contributed by atoms with E-state index in [9.17, 15) is 4.39 Å². The minimum Gasteiger partial charge on any atom is -0.368 e. The molecule has 0 unspecified atom stereocenters. The Bertz CT molecular complexity index is 813. The number of hydrogen-bond donors (Lipinski definition) is 2. The number of rotatable bonds is 2. The number of anilines is 2. The van der Waals surface area contributed by atoms with E-state index in [1.807, 2.05) is 12.1 Å². The topological polar surface area (TPSA) is 83.7 Å². The molecule has 112 valence electrons. The van der Waals surface area contributed by atoms with Crippen LogP contribution in [0, 0.1) is 5.82 Å². The molecule has 1 fully saturated rings. The molecule has 0 radical (unpaired) electrons. The van der Waals surface area contributed by atoms with Gasteiger partial charge in [-0.1, -0.05) is 12.1 Å². The van der Waals surface area contributed by atoms with Crippen molar-refractivity contribution in [2.75, 3.05) is 23.7 Å². The van der Waals surface area contributed by atoms with Crippen molar-refractivity contribution in [3.05, 3.63) is 42.0 Å². The van der Waals surface area contributed by atoms with Crippen LogP contribution >= 0.6 is 0 Å². The average Bonchev–Trinajstić information content (AvgIpc) is 3.15. The van der Waals surface area contributed by atoms with Crippen molar-refractivity contribution >= 4 is 22.9 Å². The molecule has 4 rings (SSSR count). The monoisotopic (exact) mass is 298 g/mol. The van der Waals surface area contributed by atoms with E-state index in [-0.39, 0.29) is 11.8 Å². The molecule has 3 heterocycles. The molecular weight excluding hydrogens is 283 g/mol. The number of nitrogen functional groups attached to an aromatic ring is 1. The highest BCUT2D eigenvalue weighted by Crippen LogP contribution is 2.32. The van der Waals surface area contributed by atoms with Crippen LogP contribution in [0.2, 0.25) is 0 Å². The van der Waals surface area contributed by atoms with Crippen LogP contribution in [-0.2, 0) is 0 Å². The first-order chi connectivity index (χ1) is 10.7. The largest absolute Gasteiger partial charge is 0.368 e. The second-order valence-corrected chi connectivity index (χ2v) is 5.49. The van der Waals surface area contributed by atoms with Crippen molar-refractivity contribution in [3.8, 4) is 0 Å². The van der Waals surface area contributed by atoms with Crippen LogP contribution in [0.25, 0.3) is 11.2 Å². The summed E-state index contributed by atoms with van der Waals surface area (Å²) in [4.78, 5) is 17.9. The number of hydrogen-bond acceptors (Lipinski definition) is 5. The number of nitrogens with one attached hydrogen (secondary N) is 1. The smallest absolute Gasteiger partial charge is 0.224 e. The minimum absolute atomic E-state index is 0.207. The lowest BCUT2D eigenvalue weighted by Gasteiger charge is -2.18. The average molecular weight is 298 g/mol. The van der Waals surface area contributed by atoms with E-state index < -0.39 is 0 Å². The summed E-state index contributed by atoms with van der Waals surface area (Å²) in [6.07, 6.45) is 2.58. The van der Waals surface area contributed by atoms with Gasteiger partial charge in [0, 0.05) is 19.0 Å². The number of aromatic amines is 1. The van der Waals surface area contributed by atoms with Crippen molar-refractivity contribution in [1.29, 1.82) is 0 Å². The highest BCUT2D eigenvalue weighted by Gasteiger charge is 2.27. The first-order valence-electron chi connectivity index (χ1n) is 7.18. The quantitative estimate of drug-likeness (QED) is 0.756. The van der Waals surface area contributed by atoms with Crippen LogP contribution in [0.4, 0.5) is 16.2 Å². The summed E-state index contributed by atoms with van der Waals surface area (Å²) in [5, 5.41) is 0. The minimum atomic E-state index is -0.207. The maximum Gasteiger partial charge on any atom is 0.224 e. The highest BCUT2D eigenvalue weighted by molar-refractivity contribution is 5.84. The van der Waals surface area contributed by atoms with E-state index in [2.05, 4.69) is 24.8 Å². The fourth-order valence-electron chi connectivity index (χ4n) is 3.02. The second kappa shape index (κ2) is 4.94. The molecule has 1 saturated heterocycles. The second-order valence-electron chi connectivity index (χ2n) is 5.49. The van der Waals surface area contributed by atoms with Crippen LogP contribution in [0.1, 0.15) is 17.9 Å². The first-order valence-corrected chi connectivity index (χ1v) is 7.18. The number of benzene rings is 1. The molecule has 0 bridgehead atoms. The van der Waals surface area contributed by atoms with Crippen molar-refractivity contribution in [3.63, 3.8) is 0 Å². The first kappa shape index (κ1) is 13.0. The van der Waals surface area contributed by atoms with Gasteiger partial charge in [0.15, 0.2) is 11.5 Å². The highest BCUT2D eigenvalue weighted by atomic mass is 19.1. The molecule has 6 nitrogen and oxygen atoms in total. The summed E-state index contributed by atoms with van der Waals surface area (Å²) in [5.41, 5.74) is 8.29. The predicted octanol–water partition coefficient (Wildman–Crippen LogP) is 2.07. The van der Waals surface area contributed by atoms with Gasteiger partial charge in [0.1, 0.15) is 11.3 Å². The Morgan fingerprint density at radius 2 is 2.05 bits per heavy atom. The Morgan fingerprint density at radius 3 is 2.86 bits per heavy atom. The van der Waals surface area contributed by atoms with Gasteiger partial charge in [-0.2, -0.15) is 9.97 Å². The molecule has 1 aliphatic rings. The van der Waals surface area contributed by atoms with Crippen LogP contribution < -0.4 is 10.6 Å². The lowest BCUT2D eigenvalue weighted by atomic mass is 9.99. The fraction of sp³-hybridized carbons (Fsp3) is 0.267. The Balaban J connectivity index is 1.64. The van der Waals surface area contributed by atoms with E-state index >= 15 is 0 Å². The number of nitrogens with zero attached hydrogens (tertiary/aromatic N) is 4. The van der Waals surface area contributed by atoms with Crippen molar-refractivity contribution in [2.45, 2.75) is 12.3 Å². The summed E-state index contributed by atoms with van der Waals surface area (Å²) >= 11 is 0. The Hall–Kier alpha value is -2.70. The number of fused-ring (bicyclic) bond motifs is 1. The molecule has 0 saturated carbocycles. The van der Waals surface area contributed by atoms with E-state index in [0.717, 1.165) is 36.4 Å². The van der Waals surface area contributed by atoms with Crippen molar-refractivity contribution < 1.29 is 4.39 Å². The van der Waals surface area contributed by atoms with Gasteiger partial charge in [0.05, 0.1) is 6.33 Å². The molecule has 3 aromatic rings. The molecular formula is C15H15FN6. The molecule has 0 aliphatic carbocycles. The van der Waals surface area contributed by atoms with Gasteiger partial charge in [0.25, 0.3) is 0 Å². The zero-order chi connectivity index (χ0) is 15.1. The molecule has 1 aromatic carbocycles. The molecule has 1 atom stereocenters. The van der Waals surface area contributed by atoms with Crippen LogP contribution in [0.3, 0.4) is 0 Å². The Morgan fingerprint density at radius 1 is 1.23 bits per heavy atom. The zero-order valence-electron chi connectivity index (χ0n) is 11.8. The van der Waals surface area contributed by atoms with Crippen LogP contribution in [0.5, 0.6) is 0 Å². The molecule has 1 aliphatic heterocycles. The van der Waals surface area contributed by atoms with Crippen LogP contribution in [-0.4, -0.2) is 33.0 Å². The van der Waals surface area contributed by atoms with Gasteiger partial charge in [-0.25, -0.2) is 9.37 Å². The number of imidazole rings is 1. The maximum atomic E-state index is 13.0. The number of H-pyrrole nitrogens is 1. The standard InChI is InChI=1S/C15H15FN6/c16-11-3-1-9(2-4-11)10-5-6-22(7-10)14-12-13(19-8-18-12)20-15(17)21-14/h1-4,8,10H,5-7H2,(H3,17,18,19,20,21)/t10-/m1/s1. The lowest BCUT2D eigenvalue weighted by Crippen LogP contribution is -2.21. The third-order valence-electron chi connectivity index (χ3n) is 4.11. The lowest BCUT2D eigenvalue weighted by molar-refractivity contribution is 0.625. The Labute approximate surface area is 126 Å². The summed E-state index contributed by atoms with van der Waals surface area (Å²) in [6, 6.07) is 6.72. The number of nitrogens with two attached hydrogens (primary N) is 1. The fourth-order valence-corrected chi connectivity index (χ4v) is 3.02. The van der Waals surface area contributed by atoms with Gasteiger partial charge in [-0.3, -0.25) is 0 Å². The van der Waals surface area contributed by atoms with E-state index in [0.29, 0.717) is 11.6 Å². The summed E-state index contributed by atoms with van der Waals surface area (Å²) in [5.74, 6) is 1.15. The molecule has 22 heavy (non-hydrogen) atoms. The molecule has 7 heteroatoms. The SMILES string of the molecule is Nc1nc(N2CC[C@@H](c3ccc(F)cc3)C2)c2[nH]cnc2n1. The predicted molar refractivity (Wildman–Crippen MR) is 82.1 cm³/mol. The molecule has 0 spiro atoms. The van der Waals surface area contributed by atoms with Gasteiger partial charge in [-0.15, -0.1) is 0 Å². The molecule has 0 amide bonds. The molecule has 2 aromatic heterocycles. The third-order valence-corrected chi connectivity index (χ3v) is 4.11. The van der Waals surface area contributed by atoms with Crippen LogP contribution in [0.15, 0.2) is 30.6 Å². The summed E-state index contributed by atoms with van der Waals surface area (Å²) in [7, 11) is 0. The Kier molecular flexibility index (Phi) is 2.92. The third kappa shape index (κ3) is 2.14. The normalized spacial score (nSPS) is 18.2. The summed E-state index contributed by atoms with van der Waals surface area (Å²) in [6.45, 7) is 1.68. The van der Waals surface area contributed by atoms with Gasteiger partial charge in [0.2, 0.25) is 5.95 Å². The van der Waals surface area contributed by atoms with Gasteiger partial charge in [-0.05, 0) is 24.1 Å². The van der Waals surface area contributed by atoms with Gasteiger partial charge >= 0.3 is 0 Å². The van der Waals surface area contributed by atoms with E-state index in [1.54, 1.807) is 6.33 Å². The molecule has 3 N–H and O–H groups in total. The van der Waals surface area contributed by atoms with Crippen molar-refractivity contribution in [2.24, 2.45) is 0 Å². The van der Waals surface area contributed by atoms with Crippen molar-refractivity contribution in [1.82, 2.24) is 19.9 Å². The summed E-state index contributed by atoms with van der Waals surface area (Å²) < 4.78 is 13.0. The van der Waals surface area contributed by atoms with E-state index in [1.165, 1.54) is 12.1 Å². The number of halogens is 1. The van der Waals surface area contributed by atoms with E-state index in [4.69, 9.17) is 5.73 Å². The van der Waals surface area contributed by atoms with Gasteiger partial charge < -0.3 is 15.6 Å².